The first kappa shape index (κ1) is 13.8. The summed E-state index contributed by atoms with van der Waals surface area (Å²) in [5.41, 5.74) is 0.130. The molecule has 1 N–H and O–H groups in total. The van der Waals surface area contributed by atoms with Crippen LogP contribution >= 0.6 is 38.9 Å². The van der Waals surface area contributed by atoms with Crippen LogP contribution in [-0.2, 0) is 10.0 Å². The fraction of sp³-hybridized carbons (Fsp3) is 0.600. The Hall–Kier alpha value is 0.380. The number of hydrogen-bond acceptors (Lipinski definition) is 3. The van der Waals surface area contributed by atoms with E-state index in [1.807, 2.05) is 0 Å². The highest BCUT2D eigenvalue weighted by molar-refractivity contribution is 9.11. The number of hydrogen-bond donors (Lipinski definition) is 1. The molecular formula is C10H13BrClNO2S2. The smallest absolute Gasteiger partial charge is 0.210 e. The molecule has 1 aromatic rings. The highest BCUT2D eigenvalue weighted by Gasteiger charge is 2.33. The molecular weight excluding hydrogens is 346 g/mol. The summed E-state index contributed by atoms with van der Waals surface area (Å²) in [4.78, 5) is 0. The van der Waals surface area contributed by atoms with Gasteiger partial charge in [-0.15, -0.1) is 11.3 Å². The summed E-state index contributed by atoms with van der Waals surface area (Å²) < 4.78 is 27.6. The van der Waals surface area contributed by atoms with Crippen molar-refractivity contribution in [3.8, 4) is 0 Å². The van der Waals surface area contributed by atoms with Gasteiger partial charge in [0.2, 0.25) is 10.0 Å². The van der Waals surface area contributed by atoms with Crippen LogP contribution in [-0.4, -0.2) is 15.0 Å². The van der Waals surface area contributed by atoms with Crippen LogP contribution in [0.5, 0.6) is 0 Å². The maximum absolute atomic E-state index is 12.0. The van der Waals surface area contributed by atoms with Crippen molar-refractivity contribution < 1.29 is 8.42 Å². The second-order valence-electron chi connectivity index (χ2n) is 4.68. The first-order valence-corrected chi connectivity index (χ1v) is 8.74. The Morgan fingerprint density at radius 1 is 1.59 bits per heavy atom. The summed E-state index contributed by atoms with van der Waals surface area (Å²) in [5, 5.41) is 0.435. The van der Waals surface area contributed by atoms with Gasteiger partial charge in [0.1, 0.15) is 4.21 Å². The maximum atomic E-state index is 12.0. The van der Waals surface area contributed by atoms with E-state index in [2.05, 4.69) is 27.6 Å². The third kappa shape index (κ3) is 3.04. The summed E-state index contributed by atoms with van der Waals surface area (Å²) >= 11 is 10.2. The highest BCUT2D eigenvalue weighted by atomic mass is 79.9. The molecule has 1 fully saturated rings. The number of sulfonamides is 1. The first-order valence-electron chi connectivity index (χ1n) is 5.27. The van der Waals surface area contributed by atoms with Crippen molar-refractivity contribution in [1.82, 2.24) is 4.72 Å². The molecule has 0 amide bonds. The highest BCUT2D eigenvalue weighted by Crippen LogP contribution is 2.40. The fourth-order valence-electron chi connectivity index (χ4n) is 1.76. The lowest BCUT2D eigenvalue weighted by Crippen LogP contribution is -2.39. The van der Waals surface area contributed by atoms with Gasteiger partial charge < -0.3 is 0 Å². The van der Waals surface area contributed by atoms with Gasteiger partial charge in [-0.05, 0) is 40.3 Å². The summed E-state index contributed by atoms with van der Waals surface area (Å²) in [5.74, 6) is 0. The van der Waals surface area contributed by atoms with Gasteiger partial charge in [-0.1, -0.05) is 24.9 Å². The third-order valence-corrected chi connectivity index (χ3v) is 7.49. The Kier molecular flexibility index (Phi) is 3.91. The molecule has 0 atom stereocenters. The topological polar surface area (TPSA) is 46.2 Å². The van der Waals surface area contributed by atoms with E-state index in [1.165, 1.54) is 12.5 Å². The molecule has 0 radical (unpaired) electrons. The molecule has 0 spiro atoms. The van der Waals surface area contributed by atoms with Crippen molar-refractivity contribution in [2.45, 2.75) is 30.4 Å². The number of halogens is 2. The van der Waals surface area contributed by atoms with Gasteiger partial charge in [-0.3, -0.25) is 0 Å². The average molecular weight is 359 g/mol. The van der Waals surface area contributed by atoms with E-state index in [-0.39, 0.29) is 9.62 Å². The van der Waals surface area contributed by atoms with Gasteiger partial charge in [-0.2, -0.15) is 0 Å². The van der Waals surface area contributed by atoms with Crippen molar-refractivity contribution in [3.63, 3.8) is 0 Å². The van der Waals surface area contributed by atoms with E-state index in [0.29, 0.717) is 15.4 Å². The molecule has 0 saturated heterocycles. The third-order valence-electron chi connectivity index (χ3n) is 3.14. The Labute approximate surface area is 119 Å². The largest absolute Gasteiger partial charge is 0.250 e. The molecule has 3 nitrogen and oxygen atoms in total. The molecule has 1 heterocycles. The molecule has 0 unspecified atom stereocenters. The van der Waals surface area contributed by atoms with E-state index in [9.17, 15) is 8.42 Å². The molecule has 0 aromatic carbocycles. The van der Waals surface area contributed by atoms with E-state index in [1.54, 1.807) is 0 Å². The summed E-state index contributed by atoms with van der Waals surface area (Å²) in [6.07, 6.45) is 3.36. The summed E-state index contributed by atoms with van der Waals surface area (Å²) in [6, 6.07) is 1.47. The van der Waals surface area contributed by atoms with Gasteiger partial charge in [0.25, 0.3) is 0 Å². The van der Waals surface area contributed by atoms with E-state index < -0.39 is 10.0 Å². The van der Waals surface area contributed by atoms with Crippen molar-refractivity contribution in [2.75, 3.05) is 6.54 Å². The SMILES string of the molecule is CC1(CNS(=O)(=O)c2cc(Cl)c(Br)s2)CCC1. The van der Waals surface area contributed by atoms with Crippen LogP contribution in [0, 0.1) is 5.41 Å². The van der Waals surface area contributed by atoms with Crippen molar-refractivity contribution in [3.05, 3.63) is 14.9 Å². The lowest BCUT2D eigenvalue weighted by molar-refractivity contribution is 0.166. The molecule has 17 heavy (non-hydrogen) atoms. The van der Waals surface area contributed by atoms with Gasteiger partial charge >= 0.3 is 0 Å². The molecule has 0 bridgehead atoms. The summed E-state index contributed by atoms with van der Waals surface area (Å²) in [7, 11) is -3.42. The molecule has 1 saturated carbocycles. The van der Waals surface area contributed by atoms with E-state index >= 15 is 0 Å². The fourth-order valence-corrected chi connectivity index (χ4v) is 5.40. The molecule has 0 aliphatic heterocycles. The van der Waals surface area contributed by atoms with Crippen LogP contribution in [0.4, 0.5) is 0 Å². The molecule has 2 rings (SSSR count). The zero-order valence-electron chi connectivity index (χ0n) is 9.29. The van der Waals surface area contributed by atoms with Crippen LogP contribution in [0.2, 0.25) is 5.02 Å². The van der Waals surface area contributed by atoms with E-state index in [0.717, 1.165) is 24.2 Å². The van der Waals surface area contributed by atoms with Crippen molar-refractivity contribution in [2.24, 2.45) is 5.41 Å². The average Bonchev–Trinajstić information content (AvgIpc) is 2.54. The minimum atomic E-state index is -3.42. The van der Waals surface area contributed by atoms with Crippen LogP contribution in [0.3, 0.4) is 0 Å². The zero-order valence-corrected chi connectivity index (χ0v) is 13.3. The maximum Gasteiger partial charge on any atom is 0.250 e. The Morgan fingerprint density at radius 3 is 2.65 bits per heavy atom. The minimum Gasteiger partial charge on any atom is -0.210 e. The van der Waals surface area contributed by atoms with Gasteiger partial charge in [-0.25, -0.2) is 13.1 Å². The number of rotatable bonds is 4. The van der Waals surface area contributed by atoms with Crippen LogP contribution in [0.25, 0.3) is 0 Å². The first-order chi connectivity index (χ1) is 7.82. The van der Waals surface area contributed by atoms with Gasteiger partial charge in [0.05, 0.1) is 8.81 Å². The molecule has 1 aliphatic carbocycles. The Morgan fingerprint density at radius 2 is 2.24 bits per heavy atom. The monoisotopic (exact) mass is 357 g/mol. The van der Waals surface area contributed by atoms with Gasteiger partial charge in [0, 0.05) is 6.54 Å². The molecule has 1 aromatic heterocycles. The minimum absolute atomic E-state index is 0.130. The van der Waals surface area contributed by atoms with E-state index in [4.69, 9.17) is 11.6 Å². The molecule has 96 valence electrons. The lowest BCUT2D eigenvalue weighted by atomic mass is 9.71. The standard InChI is InChI=1S/C10H13BrClNO2S2/c1-10(3-2-4-10)6-13-17(14,15)8-5-7(12)9(11)16-8/h5,13H,2-4,6H2,1H3. The second kappa shape index (κ2) is 4.81. The van der Waals surface area contributed by atoms with Crippen LogP contribution in [0.1, 0.15) is 26.2 Å². The van der Waals surface area contributed by atoms with Crippen LogP contribution in [0.15, 0.2) is 14.1 Å². The second-order valence-corrected chi connectivity index (χ2v) is 9.45. The van der Waals surface area contributed by atoms with Gasteiger partial charge in [0.15, 0.2) is 0 Å². The lowest BCUT2D eigenvalue weighted by Gasteiger charge is -2.38. The number of nitrogens with one attached hydrogen (secondary N) is 1. The Balaban J connectivity index is 2.08. The van der Waals surface area contributed by atoms with Crippen molar-refractivity contribution in [1.29, 1.82) is 0 Å². The number of thiophene rings is 1. The predicted molar refractivity (Wildman–Crippen MR) is 74.2 cm³/mol. The molecule has 1 aliphatic rings. The summed E-state index contributed by atoms with van der Waals surface area (Å²) in [6.45, 7) is 2.61. The van der Waals surface area contributed by atoms with Crippen LogP contribution < -0.4 is 4.72 Å². The normalized spacial score (nSPS) is 19.0. The predicted octanol–water partition coefficient (Wildman–Crippen LogP) is 3.63. The Bertz CT molecular complexity index is 503. The van der Waals surface area contributed by atoms with Crippen molar-refractivity contribution >= 4 is 48.9 Å². The zero-order chi connectivity index (χ0) is 12.7. The molecule has 7 heteroatoms. The quantitative estimate of drug-likeness (QED) is 0.893.